The molecule has 3 heterocycles. The Morgan fingerprint density at radius 2 is 1.93 bits per heavy atom. The van der Waals surface area contributed by atoms with Crippen molar-refractivity contribution in [1.82, 2.24) is 9.55 Å². The van der Waals surface area contributed by atoms with Gasteiger partial charge in [-0.05, 0) is 23.8 Å². The lowest BCUT2D eigenvalue weighted by Crippen LogP contribution is -2.24. The van der Waals surface area contributed by atoms with Crippen molar-refractivity contribution in [3.63, 3.8) is 0 Å². The van der Waals surface area contributed by atoms with Crippen LogP contribution in [0.2, 0.25) is 0 Å². The molecule has 0 bridgehead atoms. The van der Waals surface area contributed by atoms with Gasteiger partial charge in [0.1, 0.15) is 4.83 Å². The second kappa shape index (κ2) is 6.61. The fraction of sp³-hybridized carbons (Fsp3) is 0.0952. The van der Waals surface area contributed by atoms with Gasteiger partial charge in [0.2, 0.25) is 6.79 Å². The first-order valence-electron chi connectivity index (χ1n) is 8.65. The summed E-state index contributed by atoms with van der Waals surface area (Å²) in [7, 11) is 0. The van der Waals surface area contributed by atoms with E-state index in [1.165, 1.54) is 22.2 Å². The topological polar surface area (TPSA) is 70.4 Å². The number of carbonyl (C=O) groups is 1. The first kappa shape index (κ1) is 16.7. The maximum Gasteiger partial charge on any atom is 0.263 e. The monoisotopic (exact) mass is 390 g/mol. The number of thiophene rings is 1. The SMILES string of the molecule is O=C(Cn1cnc2scc(-c3ccccc3)c2c1=O)c1ccc2c(c1)OCO2. The number of ketones is 1. The van der Waals surface area contributed by atoms with Gasteiger partial charge in [0.05, 0.1) is 18.3 Å². The van der Waals surface area contributed by atoms with Crippen LogP contribution >= 0.6 is 11.3 Å². The van der Waals surface area contributed by atoms with Gasteiger partial charge < -0.3 is 9.47 Å². The van der Waals surface area contributed by atoms with E-state index < -0.39 is 0 Å². The highest BCUT2D eigenvalue weighted by atomic mass is 32.1. The summed E-state index contributed by atoms with van der Waals surface area (Å²) in [5, 5.41) is 2.47. The number of Topliss-reactive ketones (excluding diaryl/α,β-unsaturated/α-hetero) is 1. The molecule has 2 aromatic heterocycles. The first-order chi connectivity index (χ1) is 13.7. The van der Waals surface area contributed by atoms with Gasteiger partial charge >= 0.3 is 0 Å². The number of carbonyl (C=O) groups excluding carboxylic acids is 1. The van der Waals surface area contributed by atoms with Crippen LogP contribution in [-0.2, 0) is 6.54 Å². The van der Waals surface area contributed by atoms with Crippen LogP contribution in [-0.4, -0.2) is 22.1 Å². The number of aromatic nitrogens is 2. The van der Waals surface area contributed by atoms with Crippen molar-refractivity contribution in [2.45, 2.75) is 6.54 Å². The summed E-state index contributed by atoms with van der Waals surface area (Å²) < 4.78 is 11.9. The summed E-state index contributed by atoms with van der Waals surface area (Å²) in [5.41, 5.74) is 2.03. The van der Waals surface area contributed by atoms with E-state index in [4.69, 9.17) is 9.47 Å². The minimum atomic E-state index is -0.223. The predicted octanol–water partition coefficient (Wildman–Crippen LogP) is 3.74. The molecule has 1 aliphatic rings. The minimum absolute atomic E-state index is 0.0918. The van der Waals surface area contributed by atoms with Gasteiger partial charge in [-0.25, -0.2) is 4.98 Å². The highest BCUT2D eigenvalue weighted by molar-refractivity contribution is 7.17. The number of ether oxygens (including phenoxy) is 2. The van der Waals surface area contributed by atoms with Crippen molar-refractivity contribution in [3.8, 4) is 22.6 Å². The standard InChI is InChI=1S/C21H14N2O4S/c24-16(14-6-7-17-18(8-14)27-12-26-17)9-23-11-22-20-19(21(23)25)15(10-28-20)13-4-2-1-3-5-13/h1-8,10-11H,9,12H2. The third kappa shape index (κ3) is 2.76. The molecule has 7 heteroatoms. The van der Waals surface area contributed by atoms with Crippen molar-refractivity contribution in [1.29, 1.82) is 0 Å². The Morgan fingerprint density at radius 1 is 1.11 bits per heavy atom. The van der Waals surface area contributed by atoms with Crippen LogP contribution in [0.5, 0.6) is 11.5 Å². The molecule has 0 saturated heterocycles. The van der Waals surface area contributed by atoms with Crippen molar-refractivity contribution in [2.75, 3.05) is 6.79 Å². The molecule has 2 aromatic carbocycles. The van der Waals surface area contributed by atoms with Crippen LogP contribution in [0, 0.1) is 0 Å². The minimum Gasteiger partial charge on any atom is -0.454 e. The van der Waals surface area contributed by atoms with E-state index in [0.29, 0.717) is 27.3 Å². The van der Waals surface area contributed by atoms with E-state index in [-0.39, 0.29) is 24.7 Å². The number of nitrogens with zero attached hydrogens (tertiary/aromatic N) is 2. The molecule has 1 aliphatic heterocycles. The number of fused-ring (bicyclic) bond motifs is 2. The van der Waals surface area contributed by atoms with E-state index in [9.17, 15) is 9.59 Å². The molecule has 28 heavy (non-hydrogen) atoms. The lowest BCUT2D eigenvalue weighted by Gasteiger charge is -2.07. The normalized spacial score (nSPS) is 12.4. The van der Waals surface area contributed by atoms with Gasteiger partial charge in [-0.15, -0.1) is 11.3 Å². The number of hydrogen-bond acceptors (Lipinski definition) is 6. The van der Waals surface area contributed by atoms with E-state index in [2.05, 4.69) is 4.98 Å². The van der Waals surface area contributed by atoms with Crippen molar-refractivity contribution >= 4 is 27.3 Å². The highest BCUT2D eigenvalue weighted by Gasteiger charge is 2.18. The molecule has 0 amide bonds. The molecule has 138 valence electrons. The molecule has 5 rings (SSSR count). The zero-order chi connectivity index (χ0) is 19.1. The summed E-state index contributed by atoms with van der Waals surface area (Å²) in [6.07, 6.45) is 1.43. The van der Waals surface area contributed by atoms with Crippen molar-refractivity contribution < 1.29 is 14.3 Å². The molecular weight excluding hydrogens is 376 g/mol. The van der Waals surface area contributed by atoms with Crippen LogP contribution in [0.25, 0.3) is 21.3 Å². The summed E-state index contributed by atoms with van der Waals surface area (Å²) in [6.45, 7) is 0.0545. The summed E-state index contributed by atoms with van der Waals surface area (Å²) in [4.78, 5) is 30.8. The molecule has 0 saturated carbocycles. The van der Waals surface area contributed by atoms with Gasteiger partial charge in [0.15, 0.2) is 17.3 Å². The molecule has 0 unspecified atom stereocenters. The summed E-state index contributed by atoms with van der Waals surface area (Å²) >= 11 is 1.42. The fourth-order valence-corrected chi connectivity index (χ4v) is 4.13. The average molecular weight is 390 g/mol. The molecular formula is C21H14N2O4S. The van der Waals surface area contributed by atoms with Crippen LogP contribution in [0.4, 0.5) is 0 Å². The van der Waals surface area contributed by atoms with Crippen molar-refractivity contribution in [3.05, 3.63) is 76.2 Å². The van der Waals surface area contributed by atoms with Crippen LogP contribution < -0.4 is 15.0 Å². The molecule has 0 radical (unpaired) electrons. The van der Waals surface area contributed by atoms with Crippen LogP contribution in [0.1, 0.15) is 10.4 Å². The van der Waals surface area contributed by atoms with E-state index in [1.54, 1.807) is 18.2 Å². The quantitative estimate of drug-likeness (QED) is 0.497. The Labute approximate surface area is 163 Å². The number of rotatable bonds is 4. The lowest BCUT2D eigenvalue weighted by molar-refractivity contribution is 0.0970. The Morgan fingerprint density at radius 3 is 2.79 bits per heavy atom. The first-order valence-corrected chi connectivity index (χ1v) is 9.53. The van der Waals surface area contributed by atoms with E-state index in [1.807, 2.05) is 35.7 Å². The van der Waals surface area contributed by atoms with Crippen LogP contribution in [0.3, 0.4) is 0 Å². The molecule has 0 N–H and O–H groups in total. The third-order valence-corrected chi connectivity index (χ3v) is 5.54. The predicted molar refractivity (Wildman–Crippen MR) is 106 cm³/mol. The summed E-state index contributed by atoms with van der Waals surface area (Å²) in [5.74, 6) is 0.955. The second-order valence-electron chi connectivity index (χ2n) is 6.36. The largest absolute Gasteiger partial charge is 0.454 e. The maximum atomic E-state index is 13.1. The zero-order valence-electron chi connectivity index (χ0n) is 14.6. The lowest BCUT2D eigenvalue weighted by atomic mass is 10.1. The van der Waals surface area contributed by atoms with Crippen molar-refractivity contribution in [2.24, 2.45) is 0 Å². The molecule has 0 fully saturated rings. The highest BCUT2D eigenvalue weighted by Crippen LogP contribution is 2.33. The Kier molecular flexibility index (Phi) is 3.95. The Balaban J connectivity index is 1.52. The van der Waals surface area contributed by atoms with Gasteiger partial charge in [-0.1, -0.05) is 30.3 Å². The van der Waals surface area contributed by atoms with Gasteiger partial charge in [-0.2, -0.15) is 0 Å². The molecule has 4 aromatic rings. The number of benzene rings is 2. The van der Waals surface area contributed by atoms with Gasteiger partial charge in [-0.3, -0.25) is 14.2 Å². The van der Waals surface area contributed by atoms with Crippen LogP contribution in [0.15, 0.2) is 65.0 Å². The van der Waals surface area contributed by atoms with Gasteiger partial charge in [0, 0.05) is 16.5 Å². The molecule has 0 atom stereocenters. The summed E-state index contributed by atoms with van der Waals surface area (Å²) in [6, 6.07) is 14.7. The molecule has 0 aliphatic carbocycles. The van der Waals surface area contributed by atoms with Gasteiger partial charge in [0.25, 0.3) is 5.56 Å². The molecule has 6 nitrogen and oxygen atoms in total. The Bertz CT molecular complexity index is 1260. The Hall–Kier alpha value is -3.45. The molecule has 0 spiro atoms. The fourth-order valence-electron chi connectivity index (χ4n) is 3.23. The average Bonchev–Trinajstić information content (AvgIpc) is 3.37. The number of hydrogen-bond donors (Lipinski definition) is 0. The maximum absolute atomic E-state index is 13.1. The zero-order valence-corrected chi connectivity index (χ0v) is 15.4. The van der Waals surface area contributed by atoms with E-state index >= 15 is 0 Å². The smallest absolute Gasteiger partial charge is 0.263 e. The second-order valence-corrected chi connectivity index (χ2v) is 7.22. The third-order valence-electron chi connectivity index (χ3n) is 4.65. The van der Waals surface area contributed by atoms with E-state index in [0.717, 1.165) is 11.1 Å².